The van der Waals surface area contributed by atoms with Crippen LogP contribution in [0.15, 0.2) is 48.5 Å². The van der Waals surface area contributed by atoms with E-state index in [9.17, 15) is 10.4 Å². The molecule has 0 saturated carbocycles. The average molecular weight is 563 g/mol. The molecule has 0 aromatic heterocycles. The number of hydrogen-bond acceptors (Lipinski definition) is 4. The Morgan fingerprint density at radius 3 is 1.93 bits per heavy atom. The van der Waals surface area contributed by atoms with E-state index in [2.05, 4.69) is 62.1 Å². The molecule has 4 rings (SSSR count). The third-order valence-corrected chi connectivity index (χ3v) is 9.41. The molecule has 2 aliphatic rings. The molecular formula is C36H54N2O3. The first kappa shape index (κ1) is 31.6. The van der Waals surface area contributed by atoms with Crippen LogP contribution in [0.5, 0.6) is 5.75 Å². The van der Waals surface area contributed by atoms with Gasteiger partial charge >= 0.3 is 0 Å². The van der Waals surface area contributed by atoms with Crippen LogP contribution in [-0.2, 0) is 5.41 Å². The molecule has 41 heavy (non-hydrogen) atoms. The third-order valence-electron chi connectivity index (χ3n) is 9.41. The van der Waals surface area contributed by atoms with Crippen LogP contribution in [0.1, 0.15) is 135 Å². The van der Waals surface area contributed by atoms with Crippen molar-refractivity contribution in [2.45, 2.75) is 135 Å². The molecule has 5 heteroatoms. The first-order chi connectivity index (χ1) is 19.9. The van der Waals surface area contributed by atoms with Crippen LogP contribution in [0.4, 0.5) is 11.4 Å². The maximum atomic E-state index is 11.5. The number of unbranched alkanes of at least 4 members (excludes halogenated alkanes) is 15. The summed E-state index contributed by atoms with van der Waals surface area (Å²) >= 11 is 0. The van der Waals surface area contributed by atoms with Crippen molar-refractivity contribution in [2.24, 2.45) is 0 Å². The Hall–Kier alpha value is -2.34. The molecule has 1 spiro atoms. The van der Waals surface area contributed by atoms with Gasteiger partial charge in [-0.25, -0.2) is 5.21 Å². The Morgan fingerprint density at radius 1 is 0.780 bits per heavy atom. The van der Waals surface area contributed by atoms with Gasteiger partial charge in [0, 0.05) is 29.9 Å². The van der Waals surface area contributed by atoms with E-state index < -0.39 is 11.0 Å². The summed E-state index contributed by atoms with van der Waals surface area (Å²) in [4.78, 5) is 2.46. The Balaban J connectivity index is 1.22. The van der Waals surface area contributed by atoms with E-state index in [0.717, 1.165) is 24.3 Å². The largest absolute Gasteiger partial charge is 0.595 e. The number of para-hydroxylation sites is 1. The predicted octanol–water partition coefficient (Wildman–Crippen LogP) is 9.25. The Morgan fingerprint density at radius 2 is 1.34 bits per heavy atom. The fourth-order valence-electron chi connectivity index (χ4n) is 6.84. The standard InChI is InChI=1S/C36H54N2O3/c1-4-5-6-7-8-9-10-11-12-13-14-15-16-17-18-21-28-37-33-23-20-19-22-32(33)35(2,3)36(37)27-26-30-29-31(38(39)40)24-25-34(30)41-36/h19-20,22-27,29,38-39H,4-18,21,28H2,1-3H3/t36-/m0/s1. The van der Waals surface area contributed by atoms with Crippen LogP contribution in [0, 0.1) is 5.21 Å². The van der Waals surface area contributed by atoms with E-state index in [1.807, 2.05) is 6.07 Å². The zero-order valence-electron chi connectivity index (χ0n) is 25.9. The average Bonchev–Trinajstić information content (AvgIpc) is 3.15. The van der Waals surface area contributed by atoms with E-state index in [4.69, 9.17) is 4.74 Å². The van der Waals surface area contributed by atoms with Crippen LogP contribution in [0.3, 0.4) is 0 Å². The summed E-state index contributed by atoms with van der Waals surface area (Å²) in [7, 11) is 0. The lowest BCUT2D eigenvalue weighted by Gasteiger charge is -2.47. The number of nitrogens with zero attached hydrogens (tertiary/aromatic N) is 1. The fraction of sp³-hybridized carbons (Fsp3) is 0.611. The van der Waals surface area contributed by atoms with Gasteiger partial charge in [-0.05, 0) is 50.1 Å². The molecule has 2 aromatic rings. The molecule has 2 heterocycles. The number of benzene rings is 2. The predicted molar refractivity (Wildman–Crippen MR) is 171 cm³/mol. The molecule has 5 nitrogen and oxygen atoms in total. The van der Waals surface area contributed by atoms with E-state index in [1.54, 1.807) is 12.1 Å². The Labute approximate surface area is 249 Å². The van der Waals surface area contributed by atoms with E-state index in [1.165, 1.54) is 108 Å². The minimum Gasteiger partial charge on any atom is -0.595 e. The van der Waals surface area contributed by atoms with E-state index >= 15 is 0 Å². The Bertz CT molecular complexity index is 1110. The lowest BCUT2D eigenvalue weighted by atomic mass is 9.76. The minimum absolute atomic E-state index is 0.266. The normalized spacial score (nSPS) is 19.3. The Kier molecular flexibility index (Phi) is 11.7. The maximum Gasteiger partial charge on any atom is 0.212 e. The summed E-state index contributed by atoms with van der Waals surface area (Å²) in [5.74, 6) is 0.746. The van der Waals surface area contributed by atoms with Crippen molar-refractivity contribution in [2.75, 3.05) is 11.4 Å². The maximum absolute atomic E-state index is 11.5. The highest BCUT2D eigenvalue weighted by molar-refractivity contribution is 5.73. The smallest absolute Gasteiger partial charge is 0.212 e. The van der Waals surface area contributed by atoms with Crippen LogP contribution >= 0.6 is 0 Å². The van der Waals surface area contributed by atoms with Gasteiger partial charge in [0.2, 0.25) is 5.72 Å². The zero-order chi connectivity index (χ0) is 29.1. The summed E-state index contributed by atoms with van der Waals surface area (Å²) in [6.45, 7) is 7.75. The molecular weight excluding hydrogens is 508 g/mol. The number of rotatable bonds is 18. The summed E-state index contributed by atoms with van der Waals surface area (Å²) in [5.41, 5.74) is 2.75. The summed E-state index contributed by atoms with van der Waals surface area (Å²) < 4.78 is 6.85. The topological polar surface area (TPSA) is 60.2 Å². The quantitative estimate of drug-likeness (QED) is 0.140. The number of anilines is 1. The van der Waals surface area contributed by atoms with Gasteiger partial charge in [0.05, 0.1) is 5.41 Å². The summed E-state index contributed by atoms with van der Waals surface area (Å²) in [5, 5.41) is 20.0. The summed E-state index contributed by atoms with van der Waals surface area (Å²) in [6, 6.07) is 13.8. The van der Waals surface area contributed by atoms with E-state index in [-0.39, 0.29) is 11.1 Å². The van der Waals surface area contributed by atoms with Crippen molar-refractivity contribution in [3.8, 4) is 5.75 Å². The minimum atomic E-state index is -0.916. The van der Waals surface area contributed by atoms with Crippen molar-refractivity contribution in [1.29, 1.82) is 0 Å². The number of quaternary nitrogens is 1. The van der Waals surface area contributed by atoms with Crippen LogP contribution in [-0.4, -0.2) is 17.5 Å². The second-order valence-electron chi connectivity index (χ2n) is 12.8. The van der Waals surface area contributed by atoms with Crippen LogP contribution in [0.25, 0.3) is 6.08 Å². The lowest BCUT2D eigenvalue weighted by molar-refractivity contribution is -0.991. The fourth-order valence-corrected chi connectivity index (χ4v) is 6.84. The molecule has 2 atom stereocenters. The molecule has 0 saturated heterocycles. The van der Waals surface area contributed by atoms with Gasteiger partial charge in [-0.3, -0.25) is 0 Å². The van der Waals surface area contributed by atoms with Gasteiger partial charge in [-0.1, -0.05) is 121 Å². The number of hydrogen-bond donors (Lipinski definition) is 2. The second-order valence-corrected chi connectivity index (χ2v) is 12.8. The molecule has 226 valence electrons. The highest BCUT2D eigenvalue weighted by atomic mass is 16.8. The number of fused-ring (bicyclic) bond motifs is 2. The first-order valence-electron chi connectivity index (χ1n) is 16.5. The molecule has 0 amide bonds. The lowest BCUT2D eigenvalue weighted by Crippen LogP contribution is -2.99. The molecule has 2 aliphatic heterocycles. The molecule has 2 aromatic carbocycles. The first-order valence-corrected chi connectivity index (χ1v) is 16.5. The molecule has 0 radical (unpaired) electrons. The van der Waals surface area contributed by atoms with Crippen LogP contribution in [0.2, 0.25) is 0 Å². The van der Waals surface area contributed by atoms with Gasteiger partial charge in [0.25, 0.3) is 0 Å². The van der Waals surface area contributed by atoms with Crippen molar-refractivity contribution < 1.29 is 15.2 Å². The second kappa shape index (κ2) is 15.2. The summed E-state index contributed by atoms with van der Waals surface area (Å²) in [6.07, 6.45) is 26.1. The van der Waals surface area contributed by atoms with Crippen molar-refractivity contribution >= 4 is 17.5 Å². The van der Waals surface area contributed by atoms with Gasteiger partial charge in [0.15, 0.2) is 5.69 Å². The molecule has 0 bridgehead atoms. The van der Waals surface area contributed by atoms with Gasteiger partial charge in [-0.2, -0.15) is 5.23 Å². The van der Waals surface area contributed by atoms with Gasteiger partial charge < -0.3 is 14.8 Å². The van der Waals surface area contributed by atoms with Crippen molar-refractivity contribution in [3.05, 3.63) is 64.9 Å². The molecule has 0 fully saturated rings. The number of ether oxygens (including phenoxy) is 1. The van der Waals surface area contributed by atoms with E-state index in [0.29, 0.717) is 0 Å². The molecule has 2 N–H and O–H groups in total. The molecule has 1 unspecified atom stereocenters. The van der Waals surface area contributed by atoms with Crippen molar-refractivity contribution in [1.82, 2.24) is 0 Å². The highest BCUT2D eigenvalue weighted by Gasteiger charge is 2.58. The zero-order valence-corrected chi connectivity index (χ0v) is 25.9. The van der Waals surface area contributed by atoms with Crippen LogP contribution < -0.4 is 14.9 Å². The van der Waals surface area contributed by atoms with Gasteiger partial charge in [0.1, 0.15) is 5.75 Å². The SMILES string of the molecule is CCCCCCCCCCCCCCCCCCN1c2ccccc2C(C)(C)[C@@]12C=Cc1cc([NH+]([O-])O)ccc1O2. The van der Waals surface area contributed by atoms with Crippen molar-refractivity contribution in [3.63, 3.8) is 0 Å². The third kappa shape index (κ3) is 7.55. The van der Waals surface area contributed by atoms with Gasteiger partial charge in [-0.15, -0.1) is 0 Å². The monoisotopic (exact) mass is 562 g/mol. The highest BCUT2D eigenvalue weighted by Crippen LogP contribution is 2.55. The number of nitrogens with one attached hydrogen (secondary N) is 1. The molecule has 0 aliphatic carbocycles.